The van der Waals surface area contributed by atoms with Gasteiger partial charge in [0.15, 0.2) is 0 Å². The van der Waals surface area contributed by atoms with Crippen molar-refractivity contribution in [2.24, 2.45) is 0 Å². The Bertz CT molecular complexity index is 600. The monoisotopic (exact) mass is 308 g/mol. The second kappa shape index (κ2) is 7.65. The Morgan fingerprint density at radius 2 is 1.52 bits per heavy atom. The first-order valence-electron chi connectivity index (χ1n) is 8.88. The van der Waals surface area contributed by atoms with Crippen LogP contribution in [0.25, 0.3) is 0 Å². The lowest BCUT2D eigenvalue weighted by atomic mass is 9.96. The van der Waals surface area contributed by atoms with Gasteiger partial charge in [0.1, 0.15) is 0 Å². The number of nitrogens with zero attached hydrogens (tertiary/aromatic N) is 2. The van der Waals surface area contributed by atoms with Gasteiger partial charge < -0.3 is 4.90 Å². The van der Waals surface area contributed by atoms with Crippen molar-refractivity contribution in [3.05, 3.63) is 65.7 Å². The first kappa shape index (κ1) is 16.1. The zero-order chi connectivity index (χ0) is 16.1. The lowest BCUT2D eigenvalue weighted by Gasteiger charge is -2.37. The molecule has 1 fully saturated rings. The summed E-state index contributed by atoms with van der Waals surface area (Å²) in [6.07, 6.45) is 1.20. The molecule has 2 aromatic rings. The Kier molecular flexibility index (Phi) is 5.35. The highest BCUT2D eigenvalue weighted by molar-refractivity contribution is 5.55. The standard InChI is InChI=1S/C21H28N2/c1-3-18(2)20-11-7-8-12-21(20)23-15-13-22(14-16-23)17-19-9-5-4-6-10-19/h4-12,18H,3,13-17H2,1-2H3. The summed E-state index contributed by atoms with van der Waals surface area (Å²) in [7, 11) is 0. The summed E-state index contributed by atoms with van der Waals surface area (Å²) in [6, 6.07) is 19.8. The normalized spacial score (nSPS) is 17.2. The minimum absolute atomic E-state index is 0.633. The quantitative estimate of drug-likeness (QED) is 0.801. The van der Waals surface area contributed by atoms with Gasteiger partial charge in [0.05, 0.1) is 0 Å². The molecule has 1 aliphatic heterocycles. The van der Waals surface area contributed by atoms with Gasteiger partial charge in [-0.1, -0.05) is 62.4 Å². The van der Waals surface area contributed by atoms with Crippen molar-refractivity contribution in [3.8, 4) is 0 Å². The van der Waals surface area contributed by atoms with Crippen LogP contribution >= 0.6 is 0 Å². The molecule has 0 amide bonds. The van der Waals surface area contributed by atoms with Crippen LogP contribution in [0.1, 0.15) is 37.3 Å². The number of rotatable bonds is 5. The molecule has 2 aromatic carbocycles. The van der Waals surface area contributed by atoms with E-state index in [-0.39, 0.29) is 0 Å². The number of piperazine rings is 1. The third kappa shape index (κ3) is 3.94. The molecule has 1 unspecified atom stereocenters. The second-order valence-corrected chi connectivity index (χ2v) is 6.62. The van der Waals surface area contributed by atoms with Crippen LogP contribution in [0.5, 0.6) is 0 Å². The van der Waals surface area contributed by atoms with E-state index >= 15 is 0 Å². The third-order valence-corrected chi connectivity index (χ3v) is 5.04. The maximum absolute atomic E-state index is 2.57. The number of hydrogen-bond acceptors (Lipinski definition) is 2. The molecule has 1 heterocycles. The average Bonchev–Trinajstić information content (AvgIpc) is 2.62. The molecule has 0 saturated carbocycles. The molecule has 0 N–H and O–H groups in total. The van der Waals surface area contributed by atoms with E-state index in [9.17, 15) is 0 Å². The highest BCUT2D eigenvalue weighted by atomic mass is 15.3. The van der Waals surface area contributed by atoms with Crippen molar-refractivity contribution in [1.29, 1.82) is 0 Å². The Hall–Kier alpha value is -1.80. The SMILES string of the molecule is CCC(C)c1ccccc1N1CCN(Cc2ccccc2)CC1. The van der Waals surface area contributed by atoms with E-state index < -0.39 is 0 Å². The van der Waals surface area contributed by atoms with E-state index in [2.05, 4.69) is 78.2 Å². The Morgan fingerprint density at radius 1 is 0.870 bits per heavy atom. The minimum atomic E-state index is 0.633. The summed E-state index contributed by atoms with van der Waals surface area (Å²) in [5.41, 5.74) is 4.37. The summed E-state index contributed by atoms with van der Waals surface area (Å²) < 4.78 is 0. The van der Waals surface area contributed by atoms with E-state index in [4.69, 9.17) is 0 Å². The van der Waals surface area contributed by atoms with Gasteiger partial charge in [-0.15, -0.1) is 0 Å². The van der Waals surface area contributed by atoms with Crippen molar-refractivity contribution >= 4 is 5.69 Å². The van der Waals surface area contributed by atoms with E-state index in [1.165, 1.54) is 23.2 Å². The van der Waals surface area contributed by atoms with Gasteiger partial charge in [-0.3, -0.25) is 4.90 Å². The van der Waals surface area contributed by atoms with Gasteiger partial charge >= 0.3 is 0 Å². The van der Waals surface area contributed by atoms with Crippen molar-refractivity contribution in [3.63, 3.8) is 0 Å². The summed E-state index contributed by atoms with van der Waals surface area (Å²) in [6.45, 7) is 10.2. The van der Waals surface area contributed by atoms with Gasteiger partial charge in [0.2, 0.25) is 0 Å². The predicted octanol–water partition coefficient (Wildman–Crippen LogP) is 4.52. The lowest BCUT2D eigenvalue weighted by Crippen LogP contribution is -2.46. The van der Waals surface area contributed by atoms with E-state index in [1.807, 2.05) is 0 Å². The molecule has 1 atom stereocenters. The third-order valence-electron chi connectivity index (χ3n) is 5.04. The maximum Gasteiger partial charge on any atom is 0.0402 e. The summed E-state index contributed by atoms with van der Waals surface area (Å²) in [5.74, 6) is 0.633. The molecule has 0 aromatic heterocycles. The minimum Gasteiger partial charge on any atom is -0.369 e. The predicted molar refractivity (Wildman–Crippen MR) is 99.1 cm³/mol. The molecular weight excluding hydrogens is 280 g/mol. The number of hydrogen-bond donors (Lipinski definition) is 0. The van der Waals surface area contributed by atoms with Crippen LogP contribution in [0.15, 0.2) is 54.6 Å². The number of para-hydroxylation sites is 1. The molecule has 122 valence electrons. The van der Waals surface area contributed by atoms with Gasteiger partial charge in [0, 0.05) is 38.4 Å². The van der Waals surface area contributed by atoms with Crippen LogP contribution in [-0.4, -0.2) is 31.1 Å². The Morgan fingerprint density at radius 3 is 2.22 bits per heavy atom. The van der Waals surface area contributed by atoms with Crippen LogP contribution in [-0.2, 0) is 6.54 Å². The molecule has 0 aliphatic carbocycles. The van der Waals surface area contributed by atoms with Crippen molar-refractivity contribution in [2.75, 3.05) is 31.1 Å². The second-order valence-electron chi connectivity index (χ2n) is 6.62. The zero-order valence-corrected chi connectivity index (χ0v) is 14.4. The molecule has 1 saturated heterocycles. The Balaban J connectivity index is 1.63. The van der Waals surface area contributed by atoms with Crippen LogP contribution < -0.4 is 4.90 Å². The molecular formula is C21H28N2. The molecule has 0 bridgehead atoms. The fraction of sp³-hybridized carbons (Fsp3) is 0.429. The van der Waals surface area contributed by atoms with Crippen molar-refractivity contribution < 1.29 is 0 Å². The number of anilines is 1. The Labute approximate surface area is 140 Å². The fourth-order valence-electron chi connectivity index (χ4n) is 3.40. The van der Waals surface area contributed by atoms with Gasteiger partial charge in [-0.25, -0.2) is 0 Å². The topological polar surface area (TPSA) is 6.48 Å². The van der Waals surface area contributed by atoms with Crippen molar-refractivity contribution in [2.45, 2.75) is 32.7 Å². The first-order chi connectivity index (χ1) is 11.3. The number of benzene rings is 2. The lowest BCUT2D eigenvalue weighted by molar-refractivity contribution is 0.249. The van der Waals surface area contributed by atoms with Crippen LogP contribution in [0.3, 0.4) is 0 Å². The largest absolute Gasteiger partial charge is 0.369 e. The molecule has 0 radical (unpaired) electrons. The van der Waals surface area contributed by atoms with Crippen LogP contribution in [0.4, 0.5) is 5.69 Å². The molecule has 2 heteroatoms. The summed E-state index contributed by atoms with van der Waals surface area (Å²) in [4.78, 5) is 5.14. The zero-order valence-electron chi connectivity index (χ0n) is 14.4. The smallest absolute Gasteiger partial charge is 0.0402 e. The van der Waals surface area contributed by atoms with E-state index in [1.54, 1.807) is 0 Å². The summed E-state index contributed by atoms with van der Waals surface area (Å²) >= 11 is 0. The van der Waals surface area contributed by atoms with Gasteiger partial charge in [-0.2, -0.15) is 0 Å². The fourth-order valence-corrected chi connectivity index (χ4v) is 3.40. The summed E-state index contributed by atoms with van der Waals surface area (Å²) in [5, 5.41) is 0. The maximum atomic E-state index is 2.57. The highest BCUT2D eigenvalue weighted by Gasteiger charge is 2.20. The van der Waals surface area contributed by atoms with Crippen LogP contribution in [0, 0.1) is 0 Å². The molecule has 1 aliphatic rings. The van der Waals surface area contributed by atoms with Crippen molar-refractivity contribution in [1.82, 2.24) is 4.90 Å². The molecule has 0 spiro atoms. The molecule has 3 rings (SSSR count). The average molecular weight is 308 g/mol. The van der Waals surface area contributed by atoms with Gasteiger partial charge in [0.25, 0.3) is 0 Å². The molecule has 2 nitrogen and oxygen atoms in total. The van der Waals surface area contributed by atoms with Gasteiger partial charge in [-0.05, 0) is 29.5 Å². The van der Waals surface area contributed by atoms with E-state index in [0.29, 0.717) is 5.92 Å². The van der Waals surface area contributed by atoms with E-state index in [0.717, 1.165) is 32.7 Å². The highest BCUT2D eigenvalue weighted by Crippen LogP contribution is 2.30. The first-order valence-corrected chi connectivity index (χ1v) is 8.88. The van der Waals surface area contributed by atoms with Crippen LogP contribution in [0.2, 0.25) is 0 Å². The molecule has 23 heavy (non-hydrogen) atoms.